The van der Waals surface area contributed by atoms with Crippen molar-refractivity contribution in [2.24, 2.45) is 5.73 Å². The molecule has 0 saturated carbocycles. The minimum Gasteiger partial charge on any atom is -0.399 e. The van der Waals surface area contributed by atoms with Gasteiger partial charge < -0.3 is 22.5 Å². The molecule has 2 aromatic carbocycles. The molecule has 0 saturated heterocycles. The van der Waals surface area contributed by atoms with Gasteiger partial charge in [-0.1, -0.05) is 0 Å². The summed E-state index contributed by atoms with van der Waals surface area (Å²) in [5.74, 6) is -1.15. The lowest BCUT2D eigenvalue weighted by Gasteiger charge is -2.09. The van der Waals surface area contributed by atoms with Crippen LogP contribution in [0.25, 0.3) is 0 Å². The Morgan fingerprint density at radius 3 is 2.05 bits per heavy atom. The Balaban J connectivity index is 2.29. The monoisotopic (exact) mass is 270 g/mol. The number of hydrogen-bond acceptors (Lipinski definition) is 4. The van der Waals surface area contributed by atoms with Crippen LogP contribution in [0.5, 0.6) is 0 Å². The van der Waals surface area contributed by atoms with Crippen LogP contribution in [0, 0.1) is 0 Å². The second-order valence-corrected chi connectivity index (χ2v) is 4.25. The number of nitrogens with two attached hydrogens (primary N) is 3. The molecule has 2 amide bonds. The molecule has 2 rings (SSSR count). The van der Waals surface area contributed by atoms with Crippen molar-refractivity contribution >= 4 is 28.9 Å². The highest BCUT2D eigenvalue weighted by Crippen LogP contribution is 2.16. The number of benzene rings is 2. The zero-order chi connectivity index (χ0) is 14.7. The molecular weight excluding hydrogens is 256 g/mol. The van der Waals surface area contributed by atoms with E-state index in [9.17, 15) is 9.59 Å². The molecule has 0 fully saturated rings. The summed E-state index contributed by atoms with van der Waals surface area (Å²) in [6, 6.07) is 11.0. The van der Waals surface area contributed by atoms with Gasteiger partial charge in [-0.25, -0.2) is 0 Å². The third kappa shape index (κ3) is 2.86. The van der Waals surface area contributed by atoms with E-state index in [0.29, 0.717) is 17.1 Å². The first-order chi connectivity index (χ1) is 9.47. The van der Waals surface area contributed by atoms with Crippen LogP contribution < -0.4 is 22.5 Å². The lowest BCUT2D eigenvalue weighted by Crippen LogP contribution is -2.20. The lowest BCUT2D eigenvalue weighted by atomic mass is 10.1. The average molecular weight is 270 g/mol. The zero-order valence-corrected chi connectivity index (χ0v) is 10.6. The van der Waals surface area contributed by atoms with Gasteiger partial charge in [-0.05, 0) is 42.5 Å². The van der Waals surface area contributed by atoms with Crippen molar-refractivity contribution in [1.82, 2.24) is 0 Å². The van der Waals surface area contributed by atoms with Crippen molar-refractivity contribution in [2.75, 3.05) is 16.8 Å². The van der Waals surface area contributed by atoms with E-state index in [2.05, 4.69) is 5.32 Å². The van der Waals surface area contributed by atoms with Crippen molar-refractivity contribution in [3.63, 3.8) is 0 Å². The summed E-state index contributed by atoms with van der Waals surface area (Å²) in [4.78, 5) is 23.5. The Morgan fingerprint density at radius 1 is 0.850 bits per heavy atom. The van der Waals surface area contributed by atoms with Gasteiger partial charge in [0.2, 0.25) is 5.91 Å². The molecule has 0 aliphatic rings. The molecule has 6 heteroatoms. The van der Waals surface area contributed by atoms with E-state index in [1.165, 1.54) is 18.2 Å². The Morgan fingerprint density at radius 2 is 1.45 bits per heavy atom. The highest BCUT2D eigenvalue weighted by molar-refractivity contribution is 6.12. The number of amides is 2. The Hall–Kier alpha value is -3.02. The molecule has 102 valence electrons. The number of nitrogen functional groups attached to an aromatic ring is 2. The van der Waals surface area contributed by atoms with E-state index in [1.807, 2.05) is 0 Å². The smallest absolute Gasteiger partial charge is 0.256 e. The van der Waals surface area contributed by atoms with E-state index in [1.54, 1.807) is 24.3 Å². The fraction of sp³-hybridized carbons (Fsp3) is 0. The van der Waals surface area contributed by atoms with E-state index >= 15 is 0 Å². The molecule has 20 heavy (non-hydrogen) atoms. The second kappa shape index (κ2) is 5.31. The molecule has 0 aliphatic carbocycles. The predicted octanol–water partition coefficient (Wildman–Crippen LogP) is 1.20. The van der Waals surface area contributed by atoms with Crippen molar-refractivity contribution in [3.05, 3.63) is 53.6 Å². The summed E-state index contributed by atoms with van der Waals surface area (Å²) in [5.41, 5.74) is 18.2. The lowest BCUT2D eigenvalue weighted by molar-refractivity contribution is 0.0977. The van der Waals surface area contributed by atoms with Gasteiger partial charge in [0, 0.05) is 17.1 Å². The summed E-state index contributed by atoms with van der Waals surface area (Å²) < 4.78 is 0. The van der Waals surface area contributed by atoms with Crippen molar-refractivity contribution in [2.45, 2.75) is 0 Å². The van der Waals surface area contributed by atoms with Gasteiger partial charge in [-0.2, -0.15) is 0 Å². The molecule has 0 heterocycles. The van der Waals surface area contributed by atoms with Gasteiger partial charge in [0.15, 0.2) is 0 Å². The molecular formula is C14H14N4O2. The third-order valence-corrected chi connectivity index (χ3v) is 2.72. The third-order valence-electron chi connectivity index (χ3n) is 2.72. The fourth-order valence-corrected chi connectivity index (χ4v) is 1.73. The quantitative estimate of drug-likeness (QED) is 0.625. The molecule has 6 nitrogen and oxygen atoms in total. The first kappa shape index (κ1) is 13.4. The van der Waals surface area contributed by atoms with Gasteiger partial charge in [-0.3, -0.25) is 9.59 Å². The molecule has 0 bridgehead atoms. The Bertz CT molecular complexity index is 665. The SMILES string of the molecule is NC(=O)c1cc(N)ccc1C(=O)Nc1ccc(N)cc1. The first-order valence-corrected chi connectivity index (χ1v) is 5.83. The maximum Gasteiger partial charge on any atom is 0.256 e. The maximum absolute atomic E-state index is 12.1. The molecule has 0 spiro atoms. The van der Waals surface area contributed by atoms with Crippen molar-refractivity contribution < 1.29 is 9.59 Å². The zero-order valence-electron chi connectivity index (χ0n) is 10.6. The van der Waals surface area contributed by atoms with Crippen LogP contribution in [-0.2, 0) is 0 Å². The van der Waals surface area contributed by atoms with Crippen molar-refractivity contribution in [3.8, 4) is 0 Å². The van der Waals surface area contributed by atoms with E-state index in [4.69, 9.17) is 17.2 Å². The minimum atomic E-state index is -0.709. The van der Waals surface area contributed by atoms with Crippen molar-refractivity contribution in [1.29, 1.82) is 0 Å². The topological polar surface area (TPSA) is 124 Å². The Labute approximate surface area is 115 Å². The van der Waals surface area contributed by atoms with Crippen LogP contribution in [0.1, 0.15) is 20.7 Å². The van der Waals surface area contributed by atoms with E-state index in [0.717, 1.165) is 0 Å². The van der Waals surface area contributed by atoms with E-state index in [-0.39, 0.29) is 11.1 Å². The fourth-order valence-electron chi connectivity index (χ4n) is 1.73. The number of hydrogen-bond donors (Lipinski definition) is 4. The highest BCUT2D eigenvalue weighted by Gasteiger charge is 2.15. The summed E-state index contributed by atoms with van der Waals surface area (Å²) in [6.07, 6.45) is 0. The number of carbonyl (C=O) groups excluding carboxylic acids is 2. The van der Waals surface area contributed by atoms with Gasteiger partial charge in [0.05, 0.1) is 11.1 Å². The molecule has 2 aromatic rings. The molecule has 0 aromatic heterocycles. The van der Waals surface area contributed by atoms with Gasteiger partial charge in [-0.15, -0.1) is 0 Å². The number of nitrogens with one attached hydrogen (secondary N) is 1. The summed E-state index contributed by atoms with van der Waals surface area (Å²) in [5, 5.41) is 2.66. The number of rotatable bonds is 3. The Kier molecular flexibility index (Phi) is 3.56. The minimum absolute atomic E-state index is 0.0814. The number of carbonyl (C=O) groups is 2. The summed E-state index contributed by atoms with van der Waals surface area (Å²) >= 11 is 0. The van der Waals surface area contributed by atoms with E-state index < -0.39 is 11.8 Å². The molecule has 0 unspecified atom stereocenters. The largest absolute Gasteiger partial charge is 0.399 e. The molecule has 0 atom stereocenters. The predicted molar refractivity (Wildman–Crippen MR) is 78.2 cm³/mol. The van der Waals surface area contributed by atoms with Gasteiger partial charge >= 0.3 is 0 Å². The van der Waals surface area contributed by atoms with Crippen LogP contribution in [-0.4, -0.2) is 11.8 Å². The summed E-state index contributed by atoms with van der Waals surface area (Å²) in [6.45, 7) is 0. The van der Waals surface area contributed by atoms with Gasteiger partial charge in [0.1, 0.15) is 0 Å². The molecule has 0 aliphatic heterocycles. The normalized spacial score (nSPS) is 10.0. The molecule has 0 radical (unpaired) electrons. The standard InChI is InChI=1S/C14H14N4O2/c15-8-1-4-10(5-2-8)18-14(20)11-6-3-9(16)7-12(11)13(17)19/h1-7H,15-16H2,(H2,17,19)(H,18,20). The second-order valence-electron chi connectivity index (χ2n) is 4.25. The maximum atomic E-state index is 12.1. The number of primary amides is 1. The average Bonchev–Trinajstić information content (AvgIpc) is 2.41. The van der Waals surface area contributed by atoms with Crippen LogP contribution in [0.2, 0.25) is 0 Å². The summed E-state index contributed by atoms with van der Waals surface area (Å²) in [7, 11) is 0. The first-order valence-electron chi connectivity index (χ1n) is 5.83. The number of anilines is 3. The highest BCUT2D eigenvalue weighted by atomic mass is 16.2. The molecule has 7 N–H and O–H groups in total. The van der Waals surface area contributed by atoms with Crippen LogP contribution in [0.3, 0.4) is 0 Å². The van der Waals surface area contributed by atoms with Crippen LogP contribution >= 0.6 is 0 Å². The van der Waals surface area contributed by atoms with Crippen LogP contribution in [0.4, 0.5) is 17.1 Å². The van der Waals surface area contributed by atoms with Crippen LogP contribution in [0.15, 0.2) is 42.5 Å². The van der Waals surface area contributed by atoms with Gasteiger partial charge in [0.25, 0.3) is 5.91 Å².